The van der Waals surface area contributed by atoms with Gasteiger partial charge in [-0.05, 0) is 6.92 Å². The van der Waals surface area contributed by atoms with Crippen LogP contribution < -0.4 is 0 Å². The topological polar surface area (TPSA) is 63.6 Å². The van der Waals surface area contributed by atoms with E-state index in [-0.39, 0.29) is 26.1 Å². The second-order valence-corrected chi connectivity index (χ2v) is 1.03. The van der Waals surface area contributed by atoms with E-state index in [0.29, 0.717) is 0 Å². The maximum absolute atomic E-state index is 9.92. The first-order valence-corrected chi connectivity index (χ1v) is 2.08. The fourth-order valence-corrected chi connectivity index (χ4v) is 0.193. The van der Waals surface area contributed by atoms with Gasteiger partial charge < -0.3 is 9.84 Å². The van der Waals surface area contributed by atoms with Gasteiger partial charge in [-0.15, -0.1) is 0 Å². The number of carbonyl (C=O) groups excluding carboxylic acids is 1. The standard InChI is InChI=1S/C4H6O4.Zn/c1-2-8-4(7)3(5)6;/h2H2,1H3,(H,5,6);. The molecule has 0 aromatic heterocycles. The molecule has 0 bridgehead atoms. The zero-order chi connectivity index (χ0) is 6.57. The van der Waals surface area contributed by atoms with Crippen molar-refractivity contribution in [3.63, 3.8) is 0 Å². The molecule has 0 unspecified atom stereocenters. The van der Waals surface area contributed by atoms with Gasteiger partial charge in [0.25, 0.3) is 0 Å². The van der Waals surface area contributed by atoms with Crippen LogP contribution in [0.5, 0.6) is 0 Å². The van der Waals surface area contributed by atoms with E-state index in [1.54, 1.807) is 6.92 Å². The number of aliphatic carboxylic acids is 1. The molecule has 0 radical (unpaired) electrons. The Balaban J connectivity index is 0. The van der Waals surface area contributed by atoms with Crippen molar-refractivity contribution in [1.82, 2.24) is 0 Å². The summed E-state index contributed by atoms with van der Waals surface area (Å²) in [5, 5.41) is 7.84. The number of rotatable bonds is 1. The van der Waals surface area contributed by atoms with Crippen molar-refractivity contribution >= 4 is 11.9 Å². The van der Waals surface area contributed by atoms with Crippen molar-refractivity contribution in [2.24, 2.45) is 0 Å². The predicted molar refractivity (Wildman–Crippen MR) is 24.3 cm³/mol. The van der Waals surface area contributed by atoms with Gasteiger partial charge in [0, 0.05) is 19.5 Å². The molecule has 0 amide bonds. The fraction of sp³-hybridized carbons (Fsp3) is 0.500. The molecular weight excluding hydrogens is 177 g/mol. The first kappa shape index (κ1) is 11.4. The molecule has 0 aromatic rings. The molecule has 1 N–H and O–H groups in total. The Bertz CT molecular complexity index is 111. The van der Waals surface area contributed by atoms with E-state index in [2.05, 4.69) is 4.74 Å². The summed E-state index contributed by atoms with van der Waals surface area (Å²) in [7, 11) is 0. The van der Waals surface area contributed by atoms with E-state index in [0.717, 1.165) is 0 Å². The Morgan fingerprint density at radius 2 is 2.00 bits per heavy atom. The predicted octanol–water partition coefficient (Wildman–Crippen LogP) is -0.368. The Labute approximate surface area is 64.9 Å². The minimum atomic E-state index is -1.55. The van der Waals surface area contributed by atoms with Crippen LogP contribution in [0.3, 0.4) is 0 Å². The fourth-order valence-electron chi connectivity index (χ4n) is 0.193. The number of ether oxygens (including phenoxy) is 1. The van der Waals surface area contributed by atoms with Gasteiger partial charge in [-0.2, -0.15) is 0 Å². The van der Waals surface area contributed by atoms with Crippen LogP contribution in [0, 0.1) is 0 Å². The van der Waals surface area contributed by atoms with E-state index in [1.165, 1.54) is 0 Å². The van der Waals surface area contributed by atoms with E-state index >= 15 is 0 Å². The zero-order valence-electron chi connectivity index (χ0n) is 5.09. The molecule has 0 heterocycles. The Kier molecular flexibility index (Phi) is 7.20. The minimum Gasteiger partial charge on any atom is -0.473 e. The third kappa shape index (κ3) is 5.43. The number of hydrogen-bond donors (Lipinski definition) is 1. The first-order chi connectivity index (χ1) is 3.68. The molecule has 0 aliphatic carbocycles. The molecule has 9 heavy (non-hydrogen) atoms. The van der Waals surface area contributed by atoms with Crippen molar-refractivity contribution in [3.05, 3.63) is 0 Å². The van der Waals surface area contributed by atoms with Gasteiger partial charge in [-0.1, -0.05) is 0 Å². The number of hydrogen-bond acceptors (Lipinski definition) is 3. The molecule has 0 aliphatic heterocycles. The molecule has 0 atom stereocenters. The molecule has 48 valence electrons. The second kappa shape index (κ2) is 5.70. The Morgan fingerprint density at radius 3 is 2.11 bits per heavy atom. The molecule has 0 saturated heterocycles. The van der Waals surface area contributed by atoms with Crippen molar-refractivity contribution in [3.8, 4) is 0 Å². The molecule has 5 heteroatoms. The maximum atomic E-state index is 9.92. The van der Waals surface area contributed by atoms with Crippen LogP contribution in [0.1, 0.15) is 6.92 Å². The number of carboxylic acids is 1. The third-order valence-corrected chi connectivity index (χ3v) is 0.450. The molecule has 0 spiro atoms. The number of esters is 1. The quantitative estimate of drug-likeness (QED) is 0.342. The molecule has 4 nitrogen and oxygen atoms in total. The van der Waals surface area contributed by atoms with Crippen LogP contribution >= 0.6 is 0 Å². The van der Waals surface area contributed by atoms with Crippen LogP contribution in [-0.4, -0.2) is 23.7 Å². The van der Waals surface area contributed by atoms with E-state index in [1.807, 2.05) is 0 Å². The molecule has 0 fully saturated rings. The monoisotopic (exact) mass is 182 g/mol. The van der Waals surface area contributed by atoms with Gasteiger partial charge in [0.1, 0.15) is 0 Å². The van der Waals surface area contributed by atoms with Crippen LogP contribution in [-0.2, 0) is 33.8 Å². The summed E-state index contributed by atoms with van der Waals surface area (Å²) >= 11 is 0. The Hall–Kier alpha value is -0.437. The van der Waals surface area contributed by atoms with Crippen molar-refractivity contribution in [1.29, 1.82) is 0 Å². The average Bonchev–Trinajstić information content (AvgIpc) is 1.67. The van der Waals surface area contributed by atoms with Crippen LogP contribution in [0.2, 0.25) is 0 Å². The maximum Gasteiger partial charge on any atom is 0.417 e. The summed E-state index contributed by atoms with van der Waals surface area (Å²) in [5.41, 5.74) is 0. The van der Waals surface area contributed by atoms with Gasteiger partial charge in [0.05, 0.1) is 6.61 Å². The number of carbonyl (C=O) groups is 2. The SMILES string of the molecule is CCOC(=O)C(=O)O.[Zn]. The van der Waals surface area contributed by atoms with E-state index in [9.17, 15) is 9.59 Å². The van der Waals surface area contributed by atoms with Gasteiger partial charge in [-0.3, -0.25) is 0 Å². The zero-order valence-corrected chi connectivity index (χ0v) is 8.05. The van der Waals surface area contributed by atoms with Crippen molar-refractivity contribution in [2.75, 3.05) is 6.61 Å². The summed E-state index contributed by atoms with van der Waals surface area (Å²) in [6, 6.07) is 0. The normalized spacial score (nSPS) is 7.22. The molecule has 0 aliphatic rings. The van der Waals surface area contributed by atoms with E-state index < -0.39 is 11.9 Å². The summed E-state index contributed by atoms with van der Waals surface area (Å²) < 4.78 is 4.06. The van der Waals surface area contributed by atoms with Crippen LogP contribution in [0.4, 0.5) is 0 Å². The smallest absolute Gasteiger partial charge is 0.417 e. The number of carboxylic acid groups (broad SMARTS) is 1. The van der Waals surface area contributed by atoms with Crippen LogP contribution in [0.15, 0.2) is 0 Å². The summed E-state index contributed by atoms with van der Waals surface area (Å²) in [5.74, 6) is -2.75. The second-order valence-electron chi connectivity index (χ2n) is 1.03. The average molecular weight is 183 g/mol. The molecular formula is C4H6O4Zn. The van der Waals surface area contributed by atoms with Gasteiger partial charge in [0.15, 0.2) is 0 Å². The summed E-state index contributed by atoms with van der Waals surface area (Å²) in [6.07, 6.45) is 0. The Morgan fingerprint density at radius 1 is 1.56 bits per heavy atom. The van der Waals surface area contributed by atoms with Gasteiger partial charge in [0.2, 0.25) is 0 Å². The van der Waals surface area contributed by atoms with Crippen molar-refractivity contribution < 1.29 is 38.9 Å². The van der Waals surface area contributed by atoms with Gasteiger partial charge >= 0.3 is 11.9 Å². The summed E-state index contributed by atoms with van der Waals surface area (Å²) in [4.78, 5) is 19.5. The molecule has 0 rings (SSSR count). The van der Waals surface area contributed by atoms with E-state index in [4.69, 9.17) is 5.11 Å². The first-order valence-electron chi connectivity index (χ1n) is 2.08. The van der Waals surface area contributed by atoms with Crippen molar-refractivity contribution in [2.45, 2.75) is 6.92 Å². The minimum absolute atomic E-state index is 0. The molecule has 0 aromatic carbocycles. The largest absolute Gasteiger partial charge is 0.473 e. The summed E-state index contributed by atoms with van der Waals surface area (Å²) in [6.45, 7) is 1.64. The van der Waals surface area contributed by atoms with Crippen LogP contribution in [0.25, 0.3) is 0 Å². The molecule has 0 saturated carbocycles. The third-order valence-electron chi connectivity index (χ3n) is 0.450. The van der Waals surface area contributed by atoms with Gasteiger partial charge in [-0.25, -0.2) is 9.59 Å².